The van der Waals surface area contributed by atoms with Crippen LogP contribution in [0, 0.1) is 11.8 Å². The van der Waals surface area contributed by atoms with Gasteiger partial charge in [0.1, 0.15) is 5.75 Å². The highest BCUT2D eigenvalue weighted by Crippen LogP contribution is 2.26. The number of ether oxygens (including phenoxy) is 1. The molecule has 1 fully saturated rings. The van der Waals surface area contributed by atoms with Crippen LogP contribution in [-0.4, -0.2) is 39.0 Å². The maximum atomic E-state index is 12.5. The molecule has 0 saturated carbocycles. The second-order valence-corrected chi connectivity index (χ2v) is 8.51. The second-order valence-electron chi connectivity index (χ2n) is 6.75. The van der Waals surface area contributed by atoms with E-state index in [2.05, 4.69) is 17.7 Å². The molecule has 1 aromatic rings. The minimum Gasteiger partial charge on any atom is -0.493 e. The highest BCUT2D eigenvalue weighted by molar-refractivity contribution is 7.87. The zero-order valence-corrected chi connectivity index (χ0v) is 14.5. The molecule has 0 unspecified atom stereocenters. The van der Waals surface area contributed by atoms with Crippen molar-refractivity contribution in [2.24, 2.45) is 11.8 Å². The molecule has 1 saturated heterocycles. The van der Waals surface area contributed by atoms with Gasteiger partial charge in [-0.3, -0.25) is 0 Å². The summed E-state index contributed by atoms with van der Waals surface area (Å²) in [6.45, 7) is 4.57. The molecule has 2 heterocycles. The molecular formula is C17H26N2O3S. The van der Waals surface area contributed by atoms with Crippen molar-refractivity contribution in [2.45, 2.75) is 32.6 Å². The second kappa shape index (κ2) is 7.20. The number of fused-ring (bicyclic) bond motifs is 1. The molecule has 128 valence electrons. The molecule has 23 heavy (non-hydrogen) atoms. The number of nitrogens with one attached hydrogen (secondary N) is 1. The quantitative estimate of drug-likeness (QED) is 0.915. The first-order valence-electron chi connectivity index (χ1n) is 8.50. The standard InChI is InChI=1S/C17H26N2O3S/c1-14-6-9-19(10-7-14)23(20,21)18-13-15-8-11-22-17-5-3-2-4-16(17)12-15/h2-5,14-15,18H,6-13H2,1H3/t15-/m0/s1. The summed E-state index contributed by atoms with van der Waals surface area (Å²) in [5, 5.41) is 0. The van der Waals surface area contributed by atoms with Crippen molar-refractivity contribution in [3.63, 3.8) is 0 Å². The molecule has 1 atom stereocenters. The molecule has 0 radical (unpaired) electrons. The number of hydrogen-bond acceptors (Lipinski definition) is 3. The van der Waals surface area contributed by atoms with Gasteiger partial charge in [0.25, 0.3) is 10.2 Å². The monoisotopic (exact) mass is 338 g/mol. The van der Waals surface area contributed by atoms with E-state index >= 15 is 0 Å². The van der Waals surface area contributed by atoms with Gasteiger partial charge >= 0.3 is 0 Å². The predicted octanol–water partition coefficient (Wildman–Crippen LogP) is 2.19. The third kappa shape index (κ3) is 4.25. The number of rotatable bonds is 4. The van der Waals surface area contributed by atoms with E-state index in [1.807, 2.05) is 18.2 Å². The average Bonchev–Trinajstić information content (AvgIpc) is 2.75. The summed E-state index contributed by atoms with van der Waals surface area (Å²) in [6, 6.07) is 8.02. The lowest BCUT2D eigenvalue weighted by Crippen LogP contribution is -2.46. The Morgan fingerprint density at radius 3 is 2.74 bits per heavy atom. The third-order valence-corrected chi connectivity index (χ3v) is 6.48. The predicted molar refractivity (Wildman–Crippen MR) is 90.6 cm³/mol. The summed E-state index contributed by atoms with van der Waals surface area (Å²) in [5.41, 5.74) is 1.17. The normalized spacial score (nSPS) is 23.8. The number of piperidine rings is 1. The Balaban J connectivity index is 1.57. The van der Waals surface area contributed by atoms with Gasteiger partial charge in [-0.1, -0.05) is 25.1 Å². The number of nitrogens with zero attached hydrogens (tertiary/aromatic N) is 1. The summed E-state index contributed by atoms with van der Waals surface area (Å²) in [5.74, 6) is 1.83. The van der Waals surface area contributed by atoms with Crippen LogP contribution < -0.4 is 9.46 Å². The SMILES string of the molecule is CC1CCN(S(=O)(=O)NC[C@H]2CCOc3ccccc3C2)CC1. The van der Waals surface area contributed by atoms with Crippen molar-refractivity contribution in [1.29, 1.82) is 0 Å². The van der Waals surface area contributed by atoms with Gasteiger partial charge in [0.2, 0.25) is 0 Å². The fourth-order valence-electron chi connectivity index (χ4n) is 3.28. The molecule has 0 bridgehead atoms. The van der Waals surface area contributed by atoms with Crippen LogP contribution in [0.5, 0.6) is 5.75 Å². The van der Waals surface area contributed by atoms with Crippen molar-refractivity contribution in [1.82, 2.24) is 9.03 Å². The number of benzene rings is 1. The van der Waals surface area contributed by atoms with E-state index in [1.165, 1.54) is 5.56 Å². The maximum Gasteiger partial charge on any atom is 0.279 e. The van der Waals surface area contributed by atoms with Crippen LogP contribution in [0.25, 0.3) is 0 Å². The topological polar surface area (TPSA) is 58.6 Å². The van der Waals surface area contributed by atoms with E-state index < -0.39 is 10.2 Å². The molecule has 6 heteroatoms. The highest BCUT2D eigenvalue weighted by Gasteiger charge is 2.27. The molecular weight excluding hydrogens is 312 g/mol. The van der Waals surface area contributed by atoms with E-state index in [9.17, 15) is 8.42 Å². The summed E-state index contributed by atoms with van der Waals surface area (Å²) in [6.07, 6.45) is 3.63. The van der Waals surface area contributed by atoms with Gasteiger partial charge < -0.3 is 4.74 Å². The smallest absolute Gasteiger partial charge is 0.279 e. The Hall–Kier alpha value is -1.11. The first kappa shape index (κ1) is 16.7. The average molecular weight is 338 g/mol. The number of para-hydroxylation sites is 1. The molecule has 2 aliphatic rings. The van der Waals surface area contributed by atoms with Crippen LogP contribution in [0.15, 0.2) is 24.3 Å². The van der Waals surface area contributed by atoms with Crippen LogP contribution >= 0.6 is 0 Å². The molecule has 1 N–H and O–H groups in total. The Morgan fingerprint density at radius 1 is 1.22 bits per heavy atom. The summed E-state index contributed by atoms with van der Waals surface area (Å²) in [4.78, 5) is 0. The Bertz CT molecular complexity index is 624. The maximum absolute atomic E-state index is 12.5. The molecule has 1 aromatic carbocycles. The van der Waals surface area contributed by atoms with Crippen molar-refractivity contribution in [3.8, 4) is 5.75 Å². The molecule has 0 aromatic heterocycles. The third-order valence-electron chi connectivity index (χ3n) is 4.90. The van der Waals surface area contributed by atoms with Gasteiger partial charge in [-0.15, -0.1) is 0 Å². The minimum atomic E-state index is -3.35. The summed E-state index contributed by atoms with van der Waals surface area (Å²) < 4.78 is 35.1. The molecule has 0 amide bonds. The fraction of sp³-hybridized carbons (Fsp3) is 0.647. The van der Waals surface area contributed by atoms with E-state index in [4.69, 9.17) is 4.74 Å². The van der Waals surface area contributed by atoms with E-state index in [0.29, 0.717) is 32.2 Å². The highest BCUT2D eigenvalue weighted by atomic mass is 32.2. The molecule has 3 rings (SSSR count). The van der Waals surface area contributed by atoms with Gasteiger partial charge in [-0.25, -0.2) is 4.72 Å². The fourth-order valence-corrected chi connectivity index (χ4v) is 4.60. The molecule has 2 aliphatic heterocycles. The van der Waals surface area contributed by atoms with Gasteiger partial charge in [0.05, 0.1) is 6.61 Å². The summed E-state index contributed by atoms with van der Waals surface area (Å²) >= 11 is 0. The van der Waals surface area contributed by atoms with Gasteiger partial charge in [-0.05, 0) is 49.1 Å². The first-order chi connectivity index (χ1) is 11.0. The van der Waals surface area contributed by atoms with Crippen molar-refractivity contribution >= 4 is 10.2 Å². The summed E-state index contributed by atoms with van der Waals surface area (Å²) in [7, 11) is -3.35. The molecule has 0 aliphatic carbocycles. The van der Waals surface area contributed by atoms with Crippen LogP contribution in [0.3, 0.4) is 0 Å². The van der Waals surface area contributed by atoms with E-state index in [0.717, 1.165) is 31.4 Å². The first-order valence-corrected chi connectivity index (χ1v) is 9.94. The minimum absolute atomic E-state index is 0.275. The lowest BCUT2D eigenvalue weighted by Gasteiger charge is -2.30. The zero-order chi connectivity index (χ0) is 16.3. The van der Waals surface area contributed by atoms with Crippen molar-refractivity contribution in [2.75, 3.05) is 26.2 Å². The van der Waals surface area contributed by atoms with E-state index in [-0.39, 0.29) is 5.92 Å². The van der Waals surface area contributed by atoms with Crippen LogP contribution in [0.4, 0.5) is 0 Å². The van der Waals surface area contributed by atoms with Gasteiger partial charge in [-0.2, -0.15) is 12.7 Å². The van der Waals surface area contributed by atoms with Gasteiger partial charge in [0, 0.05) is 19.6 Å². The molecule has 5 nitrogen and oxygen atoms in total. The Morgan fingerprint density at radius 2 is 1.96 bits per heavy atom. The van der Waals surface area contributed by atoms with Crippen molar-refractivity contribution in [3.05, 3.63) is 29.8 Å². The van der Waals surface area contributed by atoms with Crippen LogP contribution in [-0.2, 0) is 16.6 Å². The molecule has 0 spiro atoms. The number of hydrogen-bond donors (Lipinski definition) is 1. The zero-order valence-electron chi connectivity index (χ0n) is 13.7. The van der Waals surface area contributed by atoms with Crippen LogP contribution in [0.2, 0.25) is 0 Å². The lowest BCUT2D eigenvalue weighted by atomic mass is 9.97. The largest absolute Gasteiger partial charge is 0.493 e. The Labute approximate surface area is 139 Å². The Kier molecular flexibility index (Phi) is 5.24. The van der Waals surface area contributed by atoms with Crippen LogP contribution in [0.1, 0.15) is 31.7 Å². The van der Waals surface area contributed by atoms with E-state index in [1.54, 1.807) is 4.31 Å². The van der Waals surface area contributed by atoms with Crippen molar-refractivity contribution < 1.29 is 13.2 Å². The van der Waals surface area contributed by atoms with Gasteiger partial charge in [0.15, 0.2) is 0 Å². The lowest BCUT2D eigenvalue weighted by molar-refractivity contribution is 0.279.